The molecule has 2 bridgehead atoms. The van der Waals surface area contributed by atoms with Gasteiger partial charge in [-0.3, -0.25) is 0 Å². The van der Waals surface area contributed by atoms with Crippen molar-refractivity contribution in [3.8, 4) is 0 Å². The van der Waals surface area contributed by atoms with Crippen LogP contribution in [0.3, 0.4) is 0 Å². The van der Waals surface area contributed by atoms with Gasteiger partial charge in [0.15, 0.2) is 0 Å². The van der Waals surface area contributed by atoms with Gasteiger partial charge < -0.3 is 0 Å². The molecule has 2 aliphatic rings. The molecule has 0 saturated heterocycles. The second-order valence-corrected chi connectivity index (χ2v) is 6.70. The lowest BCUT2D eigenvalue weighted by atomic mass is 9.62. The highest BCUT2D eigenvalue weighted by Crippen LogP contribution is 2.66. The normalized spacial score (nSPS) is 35.3. The number of aliphatic imine (C=N–C) groups is 3. The molecule has 0 N–H and O–H groups in total. The minimum atomic E-state index is -0.411. The van der Waals surface area contributed by atoms with Gasteiger partial charge in [-0.2, -0.15) is 4.99 Å². The van der Waals surface area contributed by atoms with Crippen LogP contribution in [0.1, 0.15) is 45.4 Å². The molecule has 0 aromatic carbocycles. The summed E-state index contributed by atoms with van der Waals surface area (Å²) in [6, 6.07) is 0. The zero-order valence-electron chi connectivity index (χ0n) is 12.9. The van der Waals surface area contributed by atoms with Crippen molar-refractivity contribution in [1.29, 1.82) is 0 Å². The van der Waals surface area contributed by atoms with Gasteiger partial charge in [0, 0.05) is 0 Å². The van der Waals surface area contributed by atoms with Crippen LogP contribution in [0.25, 0.3) is 0 Å². The van der Waals surface area contributed by atoms with Crippen LogP contribution in [0.15, 0.2) is 15.0 Å². The number of rotatable bonds is 8. The van der Waals surface area contributed by atoms with Gasteiger partial charge in [-0.25, -0.2) is 24.4 Å². The second-order valence-electron chi connectivity index (χ2n) is 6.70. The third kappa shape index (κ3) is 2.86. The maximum atomic E-state index is 11.0. The lowest BCUT2D eigenvalue weighted by molar-refractivity contribution is 0.0798. The van der Waals surface area contributed by atoms with Gasteiger partial charge in [0.05, 0.1) is 18.6 Å². The Morgan fingerprint density at radius 3 is 2.41 bits per heavy atom. The Morgan fingerprint density at radius 1 is 1.05 bits per heavy atom. The van der Waals surface area contributed by atoms with E-state index < -0.39 is 5.54 Å². The Morgan fingerprint density at radius 2 is 1.77 bits per heavy atom. The number of nitrogens with zero attached hydrogens (tertiary/aromatic N) is 3. The van der Waals surface area contributed by atoms with E-state index in [-0.39, 0.29) is 5.41 Å². The lowest BCUT2D eigenvalue weighted by Crippen LogP contribution is -2.46. The molecule has 4 atom stereocenters. The summed E-state index contributed by atoms with van der Waals surface area (Å²) in [5.41, 5.74) is -0.482. The lowest BCUT2D eigenvalue weighted by Gasteiger charge is -2.46. The Hall–Kier alpha value is -1.86. The van der Waals surface area contributed by atoms with Gasteiger partial charge >= 0.3 is 0 Å². The Kier molecular flexibility index (Phi) is 5.20. The molecular formula is C16H21N3O3. The summed E-state index contributed by atoms with van der Waals surface area (Å²) >= 11 is 0. The van der Waals surface area contributed by atoms with E-state index in [2.05, 4.69) is 21.9 Å². The summed E-state index contributed by atoms with van der Waals surface area (Å²) in [5, 5.41) is 0. The monoisotopic (exact) mass is 303 g/mol. The Balaban J connectivity index is 2.16. The molecule has 6 nitrogen and oxygen atoms in total. The standard InChI is InChI=1S/C16H21N3O3/c1-15-8-13(7-14(15)3-6-18-11-21)9-16(15,19-12-22)4-2-5-17-10-20/h13-14H,2-9H2,1H3. The SMILES string of the molecule is CC12CC(CC1CCN=C=O)CC2(CCCN=C=O)N=C=O. The Bertz CT molecular complexity index is 559. The van der Waals surface area contributed by atoms with E-state index in [0.717, 1.165) is 32.1 Å². The molecule has 0 aromatic heterocycles. The van der Waals surface area contributed by atoms with Crippen molar-refractivity contribution in [2.24, 2.45) is 32.2 Å². The van der Waals surface area contributed by atoms with E-state index in [1.54, 1.807) is 18.2 Å². The number of hydrogen-bond donors (Lipinski definition) is 0. The molecule has 118 valence electrons. The highest BCUT2D eigenvalue weighted by molar-refractivity contribution is 5.37. The molecule has 2 aliphatic carbocycles. The number of carbonyl (C=O) groups excluding carboxylic acids is 3. The van der Waals surface area contributed by atoms with E-state index in [4.69, 9.17) is 0 Å². The molecule has 0 aromatic rings. The van der Waals surface area contributed by atoms with Gasteiger partial charge in [-0.05, 0) is 55.8 Å². The fraction of sp³-hybridized carbons (Fsp3) is 0.812. The first-order valence-corrected chi connectivity index (χ1v) is 7.78. The maximum Gasteiger partial charge on any atom is 0.235 e. The predicted molar refractivity (Wildman–Crippen MR) is 79.6 cm³/mol. The molecule has 0 spiro atoms. The van der Waals surface area contributed by atoms with Crippen LogP contribution in [0.5, 0.6) is 0 Å². The van der Waals surface area contributed by atoms with E-state index in [1.807, 2.05) is 0 Å². The molecule has 4 unspecified atom stereocenters. The summed E-state index contributed by atoms with van der Waals surface area (Å²) in [6.45, 7) is 3.09. The smallest absolute Gasteiger partial charge is 0.211 e. The largest absolute Gasteiger partial charge is 0.235 e. The Labute approximate surface area is 129 Å². The van der Waals surface area contributed by atoms with Gasteiger partial charge in [0.2, 0.25) is 18.2 Å². The molecule has 0 radical (unpaired) electrons. The zero-order valence-corrected chi connectivity index (χ0v) is 12.9. The van der Waals surface area contributed by atoms with Gasteiger partial charge in [0.1, 0.15) is 0 Å². The summed E-state index contributed by atoms with van der Waals surface area (Å²) in [4.78, 5) is 42.9. The van der Waals surface area contributed by atoms with E-state index in [9.17, 15) is 14.4 Å². The summed E-state index contributed by atoms with van der Waals surface area (Å²) in [5.74, 6) is 0.955. The summed E-state index contributed by atoms with van der Waals surface area (Å²) < 4.78 is 0. The number of hydrogen-bond acceptors (Lipinski definition) is 6. The average molecular weight is 303 g/mol. The highest BCUT2D eigenvalue weighted by Gasteiger charge is 2.63. The minimum absolute atomic E-state index is 0.0711. The van der Waals surface area contributed by atoms with Crippen molar-refractivity contribution in [1.82, 2.24) is 0 Å². The number of isocyanates is 3. The second kappa shape index (κ2) is 6.93. The first-order valence-electron chi connectivity index (χ1n) is 7.78. The first-order chi connectivity index (χ1) is 10.6. The molecule has 2 rings (SSSR count). The van der Waals surface area contributed by atoms with E-state index >= 15 is 0 Å². The minimum Gasteiger partial charge on any atom is -0.211 e. The van der Waals surface area contributed by atoms with Crippen LogP contribution >= 0.6 is 0 Å². The van der Waals surface area contributed by atoms with Crippen molar-refractivity contribution in [2.75, 3.05) is 13.1 Å². The van der Waals surface area contributed by atoms with Crippen LogP contribution in [0, 0.1) is 17.3 Å². The van der Waals surface area contributed by atoms with Crippen molar-refractivity contribution >= 4 is 18.2 Å². The van der Waals surface area contributed by atoms with Crippen molar-refractivity contribution < 1.29 is 14.4 Å². The highest BCUT2D eigenvalue weighted by atomic mass is 16.1. The molecule has 0 amide bonds. The van der Waals surface area contributed by atoms with Gasteiger partial charge in [-0.1, -0.05) is 6.92 Å². The molecule has 0 aliphatic heterocycles. The molecule has 6 heteroatoms. The number of fused-ring (bicyclic) bond motifs is 2. The van der Waals surface area contributed by atoms with Crippen LogP contribution in [-0.4, -0.2) is 36.9 Å². The van der Waals surface area contributed by atoms with Crippen molar-refractivity contribution in [3.05, 3.63) is 0 Å². The molecule has 22 heavy (non-hydrogen) atoms. The third-order valence-corrected chi connectivity index (χ3v) is 5.76. The van der Waals surface area contributed by atoms with Gasteiger partial charge in [-0.15, -0.1) is 0 Å². The maximum absolute atomic E-state index is 11.0. The average Bonchev–Trinajstić information content (AvgIpc) is 2.94. The van der Waals surface area contributed by atoms with Crippen LogP contribution in [-0.2, 0) is 14.4 Å². The van der Waals surface area contributed by atoms with Gasteiger partial charge in [0.25, 0.3) is 0 Å². The third-order valence-electron chi connectivity index (χ3n) is 5.76. The van der Waals surface area contributed by atoms with Crippen LogP contribution < -0.4 is 0 Å². The fourth-order valence-electron chi connectivity index (χ4n) is 4.85. The van der Waals surface area contributed by atoms with Crippen LogP contribution in [0.2, 0.25) is 0 Å². The quantitative estimate of drug-likeness (QED) is 0.391. The zero-order chi connectivity index (χ0) is 16.1. The molecular weight excluding hydrogens is 282 g/mol. The van der Waals surface area contributed by atoms with E-state index in [0.29, 0.717) is 31.3 Å². The summed E-state index contributed by atoms with van der Waals surface area (Å²) in [6.07, 6.45) is 10.2. The van der Waals surface area contributed by atoms with Crippen LogP contribution in [0.4, 0.5) is 0 Å². The molecule has 2 saturated carbocycles. The first kappa shape index (κ1) is 16.5. The van der Waals surface area contributed by atoms with Crippen molar-refractivity contribution in [3.63, 3.8) is 0 Å². The predicted octanol–water partition coefficient (Wildman–Crippen LogP) is 2.34. The fourth-order valence-corrected chi connectivity index (χ4v) is 4.85. The summed E-state index contributed by atoms with van der Waals surface area (Å²) in [7, 11) is 0. The molecule has 0 heterocycles. The van der Waals surface area contributed by atoms with Crippen molar-refractivity contribution in [2.45, 2.75) is 51.0 Å². The van der Waals surface area contributed by atoms with E-state index in [1.165, 1.54) is 0 Å². The molecule has 2 fully saturated rings. The topological polar surface area (TPSA) is 88.3 Å².